The van der Waals surface area contributed by atoms with E-state index in [0.717, 1.165) is 0 Å². The van der Waals surface area contributed by atoms with Gasteiger partial charge in [-0.25, -0.2) is 9.36 Å². The Balaban J connectivity index is 2.83. The Morgan fingerprint density at radius 3 is 2.48 bits per heavy atom. The minimum Gasteiger partial charge on any atom is -0.258 e. The Morgan fingerprint density at radius 2 is 2.00 bits per heavy atom. The van der Waals surface area contributed by atoms with E-state index in [0.29, 0.717) is 41.3 Å². The highest BCUT2D eigenvalue weighted by Gasteiger charge is 2.29. The number of nitro groups is 1. The lowest BCUT2D eigenvalue weighted by Gasteiger charge is -2.05. The van der Waals surface area contributed by atoms with Gasteiger partial charge in [-0.05, 0) is 19.8 Å². The molecule has 0 bridgehead atoms. The molecule has 0 unspecified atom stereocenters. The molecule has 0 N–H and O–H groups in total. The summed E-state index contributed by atoms with van der Waals surface area (Å²) in [7, 11) is 1.70. The minimum absolute atomic E-state index is 0.0303. The molecular weight excluding hydrogens is 272 g/mol. The zero-order chi connectivity index (χ0) is 15.7. The van der Waals surface area contributed by atoms with Crippen LogP contribution >= 0.6 is 0 Å². The number of nitriles is 1. The summed E-state index contributed by atoms with van der Waals surface area (Å²) in [4.78, 5) is 10.9. The maximum absolute atomic E-state index is 11.3. The number of hydrogen-bond acceptors (Lipinski definition) is 5. The molecule has 2 heterocycles. The molecule has 0 aliphatic heterocycles. The van der Waals surface area contributed by atoms with E-state index >= 15 is 0 Å². The molecule has 2 aromatic rings. The van der Waals surface area contributed by atoms with Crippen LogP contribution in [0.3, 0.4) is 0 Å². The van der Waals surface area contributed by atoms with Crippen molar-refractivity contribution in [2.75, 3.05) is 0 Å². The summed E-state index contributed by atoms with van der Waals surface area (Å²) >= 11 is 0. The minimum atomic E-state index is -0.406. The zero-order valence-electron chi connectivity index (χ0n) is 12.4. The molecule has 0 amide bonds. The van der Waals surface area contributed by atoms with E-state index in [1.165, 1.54) is 9.36 Å². The smallest absolute Gasteiger partial charge is 0.258 e. The van der Waals surface area contributed by atoms with Gasteiger partial charge in [0.25, 0.3) is 0 Å². The second kappa shape index (κ2) is 5.36. The van der Waals surface area contributed by atoms with Crippen molar-refractivity contribution in [3.63, 3.8) is 0 Å². The Labute approximate surface area is 121 Å². The van der Waals surface area contributed by atoms with E-state index in [1.807, 2.05) is 13.8 Å². The Morgan fingerprint density at radius 1 is 1.33 bits per heavy atom. The molecule has 110 valence electrons. The highest BCUT2D eigenvalue weighted by molar-refractivity contribution is 5.52. The van der Waals surface area contributed by atoms with Gasteiger partial charge in [0.1, 0.15) is 23.0 Å². The van der Waals surface area contributed by atoms with Crippen LogP contribution < -0.4 is 0 Å². The summed E-state index contributed by atoms with van der Waals surface area (Å²) in [5, 5.41) is 29.2. The Bertz CT molecular complexity index is 750. The summed E-state index contributed by atoms with van der Waals surface area (Å²) in [6.07, 6.45) is 0.896. The lowest BCUT2D eigenvalue weighted by Crippen LogP contribution is -2.09. The molecule has 2 aromatic heterocycles. The maximum atomic E-state index is 11.3. The number of hydrogen-bond donors (Lipinski definition) is 0. The molecule has 21 heavy (non-hydrogen) atoms. The van der Waals surface area contributed by atoms with Crippen LogP contribution in [-0.4, -0.2) is 24.5 Å². The average molecular weight is 288 g/mol. The normalized spacial score (nSPS) is 10.6. The second-order valence-electron chi connectivity index (χ2n) is 4.64. The van der Waals surface area contributed by atoms with Gasteiger partial charge >= 0.3 is 5.69 Å². The number of aromatic nitrogens is 4. The van der Waals surface area contributed by atoms with Gasteiger partial charge in [0, 0.05) is 7.05 Å². The van der Waals surface area contributed by atoms with E-state index in [2.05, 4.69) is 16.3 Å². The van der Waals surface area contributed by atoms with Gasteiger partial charge in [-0.3, -0.25) is 10.1 Å². The van der Waals surface area contributed by atoms with Crippen LogP contribution in [0.2, 0.25) is 0 Å². The molecule has 0 fully saturated rings. The molecule has 8 nitrogen and oxygen atoms in total. The lowest BCUT2D eigenvalue weighted by molar-refractivity contribution is -0.386. The van der Waals surface area contributed by atoms with Crippen molar-refractivity contribution in [3.05, 3.63) is 32.8 Å². The lowest BCUT2D eigenvalue weighted by atomic mass is 10.2. The van der Waals surface area contributed by atoms with Gasteiger partial charge < -0.3 is 0 Å². The SMILES string of the molecule is CCc1nn(-c2c(C#N)c(C)nn2C)c(CC)c1[N+](=O)[O-]. The van der Waals surface area contributed by atoms with Crippen molar-refractivity contribution in [2.24, 2.45) is 7.05 Å². The van der Waals surface area contributed by atoms with Crippen molar-refractivity contribution in [2.45, 2.75) is 33.6 Å². The van der Waals surface area contributed by atoms with Crippen LogP contribution in [0, 0.1) is 28.4 Å². The predicted molar refractivity (Wildman–Crippen MR) is 75.2 cm³/mol. The summed E-state index contributed by atoms with van der Waals surface area (Å²) < 4.78 is 3.01. The van der Waals surface area contributed by atoms with Crippen molar-refractivity contribution in [1.82, 2.24) is 19.6 Å². The Hall–Kier alpha value is -2.69. The summed E-state index contributed by atoms with van der Waals surface area (Å²) in [5.74, 6) is 0.467. The van der Waals surface area contributed by atoms with Gasteiger partial charge in [0.15, 0.2) is 5.82 Å². The largest absolute Gasteiger partial charge is 0.313 e. The quantitative estimate of drug-likeness (QED) is 0.630. The van der Waals surface area contributed by atoms with Crippen LogP contribution in [0.1, 0.15) is 36.5 Å². The predicted octanol–water partition coefficient (Wildman–Crippen LogP) is 1.82. The van der Waals surface area contributed by atoms with Crippen LogP contribution in [0.15, 0.2) is 0 Å². The summed E-state index contributed by atoms with van der Waals surface area (Å²) in [6, 6.07) is 2.10. The molecule has 8 heteroatoms. The van der Waals surface area contributed by atoms with Gasteiger partial charge in [-0.2, -0.15) is 15.5 Å². The van der Waals surface area contributed by atoms with Crippen molar-refractivity contribution < 1.29 is 4.92 Å². The number of aryl methyl sites for hydroxylation is 3. The third-order valence-corrected chi connectivity index (χ3v) is 3.38. The summed E-state index contributed by atoms with van der Waals surface area (Å²) in [5.41, 5.74) is 1.89. The first-order valence-corrected chi connectivity index (χ1v) is 6.65. The second-order valence-corrected chi connectivity index (χ2v) is 4.64. The van der Waals surface area contributed by atoms with Crippen molar-refractivity contribution >= 4 is 5.69 Å². The molecule has 0 aromatic carbocycles. The fourth-order valence-corrected chi connectivity index (χ4v) is 2.46. The third-order valence-electron chi connectivity index (χ3n) is 3.38. The molecule has 2 rings (SSSR count). The van der Waals surface area contributed by atoms with E-state index in [4.69, 9.17) is 0 Å². The monoisotopic (exact) mass is 288 g/mol. The van der Waals surface area contributed by atoms with Gasteiger partial charge in [0.05, 0.1) is 10.6 Å². The highest BCUT2D eigenvalue weighted by atomic mass is 16.6. The maximum Gasteiger partial charge on any atom is 0.313 e. The fraction of sp³-hybridized carbons (Fsp3) is 0.462. The van der Waals surface area contributed by atoms with E-state index in [-0.39, 0.29) is 5.69 Å². The first-order chi connectivity index (χ1) is 9.96. The average Bonchev–Trinajstić information content (AvgIpc) is 2.94. The van der Waals surface area contributed by atoms with Crippen LogP contribution in [-0.2, 0) is 19.9 Å². The zero-order valence-corrected chi connectivity index (χ0v) is 12.4. The fourth-order valence-electron chi connectivity index (χ4n) is 2.46. The van der Waals surface area contributed by atoms with Crippen molar-refractivity contribution in [3.8, 4) is 11.9 Å². The van der Waals surface area contributed by atoms with Gasteiger partial charge in [-0.15, -0.1) is 0 Å². The third kappa shape index (κ3) is 2.16. The van der Waals surface area contributed by atoms with Crippen LogP contribution in [0.4, 0.5) is 5.69 Å². The molecule has 0 spiro atoms. The molecule has 0 saturated heterocycles. The number of nitrogens with zero attached hydrogens (tertiary/aromatic N) is 6. The topological polar surface area (TPSA) is 103 Å². The summed E-state index contributed by atoms with van der Waals surface area (Å²) in [6.45, 7) is 5.38. The van der Waals surface area contributed by atoms with Crippen molar-refractivity contribution in [1.29, 1.82) is 5.26 Å². The number of rotatable bonds is 4. The molecule has 0 saturated carbocycles. The standard InChI is InChI=1S/C13H16N6O2/c1-5-10-12(19(20)21)11(6-2)18(16-10)13-9(7-14)8(3)15-17(13)4/h5-6H2,1-4H3. The first-order valence-electron chi connectivity index (χ1n) is 6.65. The molecule has 0 atom stereocenters. The van der Waals surface area contributed by atoms with Gasteiger partial charge in [0.2, 0.25) is 0 Å². The highest BCUT2D eigenvalue weighted by Crippen LogP contribution is 2.28. The molecular formula is C13H16N6O2. The molecule has 0 aliphatic carbocycles. The first kappa shape index (κ1) is 14.7. The molecule has 0 aliphatic rings. The molecule has 0 radical (unpaired) electrons. The van der Waals surface area contributed by atoms with E-state index in [9.17, 15) is 15.4 Å². The van der Waals surface area contributed by atoms with E-state index in [1.54, 1.807) is 14.0 Å². The van der Waals surface area contributed by atoms with E-state index < -0.39 is 4.92 Å². The van der Waals surface area contributed by atoms with Crippen LogP contribution in [0.25, 0.3) is 5.82 Å². The Kier molecular flexibility index (Phi) is 3.76. The van der Waals surface area contributed by atoms with Gasteiger partial charge in [-0.1, -0.05) is 13.8 Å². The van der Waals surface area contributed by atoms with Crippen LogP contribution in [0.5, 0.6) is 0 Å².